The number of hydrogen-bond donors (Lipinski definition) is 1. The molecule has 2 heterocycles. The molecule has 144 valence electrons. The van der Waals surface area contributed by atoms with Gasteiger partial charge in [-0.3, -0.25) is 4.90 Å². The molecule has 2 aromatic rings. The van der Waals surface area contributed by atoms with Crippen LogP contribution in [0.25, 0.3) is 6.08 Å². The molecule has 27 heavy (non-hydrogen) atoms. The summed E-state index contributed by atoms with van der Waals surface area (Å²) in [6.45, 7) is 8.11. The topological polar surface area (TPSA) is 15.3 Å². The van der Waals surface area contributed by atoms with Crippen LogP contribution in [0, 0.1) is 18.8 Å². The number of aryl methyl sites for hydroxylation is 1. The Balaban J connectivity index is 1.38. The van der Waals surface area contributed by atoms with Crippen LogP contribution >= 0.6 is 20.7 Å². The molecule has 0 spiro atoms. The van der Waals surface area contributed by atoms with Crippen LogP contribution < -0.4 is 4.72 Å². The molecule has 2 unspecified atom stereocenters. The Morgan fingerprint density at radius 2 is 2.04 bits per heavy atom. The number of likely N-dealkylation sites (tertiary alicyclic amines) is 1. The summed E-state index contributed by atoms with van der Waals surface area (Å²) >= 11 is 1.82. The Labute approximate surface area is 168 Å². The van der Waals surface area contributed by atoms with E-state index in [0.29, 0.717) is 5.41 Å². The van der Waals surface area contributed by atoms with Crippen LogP contribution in [0.15, 0.2) is 41.8 Å². The average Bonchev–Trinajstić information content (AvgIpc) is 2.97. The minimum absolute atomic E-state index is 0.330. The van der Waals surface area contributed by atoms with E-state index < -0.39 is 9.39 Å². The molecule has 1 aromatic carbocycles. The highest BCUT2D eigenvalue weighted by atomic mass is 32.2. The molecule has 2 aliphatic rings. The summed E-state index contributed by atoms with van der Waals surface area (Å²) in [7, 11) is -1.24. The molecule has 0 radical (unpaired) electrons. The van der Waals surface area contributed by atoms with Gasteiger partial charge in [0, 0.05) is 35.6 Å². The normalized spacial score (nSPS) is 27.8. The van der Waals surface area contributed by atoms with Gasteiger partial charge in [0.05, 0.1) is 0 Å². The van der Waals surface area contributed by atoms with Crippen LogP contribution in [0.4, 0.5) is 5.69 Å². The molecule has 4 heteroatoms. The maximum absolute atomic E-state index is 4.14. The van der Waals surface area contributed by atoms with Crippen LogP contribution in [0.1, 0.15) is 22.9 Å². The van der Waals surface area contributed by atoms with Crippen molar-refractivity contribution < 1.29 is 0 Å². The third-order valence-electron chi connectivity index (χ3n) is 6.21. The number of benzene rings is 1. The monoisotopic (exact) mass is 398 g/mol. The second-order valence-electron chi connectivity index (χ2n) is 8.54. The van der Waals surface area contributed by atoms with Gasteiger partial charge in [0.2, 0.25) is 0 Å². The van der Waals surface area contributed by atoms with Crippen LogP contribution in [-0.2, 0) is 5.41 Å². The molecule has 0 amide bonds. The zero-order chi connectivity index (χ0) is 19.2. The zero-order valence-corrected chi connectivity index (χ0v) is 18.2. The van der Waals surface area contributed by atoms with E-state index in [-0.39, 0.29) is 0 Å². The first-order valence-corrected chi connectivity index (χ1v) is 12.8. The van der Waals surface area contributed by atoms with E-state index in [1.807, 2.05) is 11.3 Å². The Hall–Kier alpha value is -1.49. The lowest BCUT2D eigenvalue weighted by Crippen LogP contribution is -2.29. The van der Waals surface area contributed by atoms with Crippen molar-refractivity contribution >= 4 is 44.2 Å². The summed E-state index contributed by atoms with van der Waals surface area (Å²) in [6.07, 6.45) is 6.70. The molecule has 4 rings (SSSR count). The molecule has 1 saturated carbocycles. The summed E-state index contributed by atoms with van der Waals surface area (Å²) in [6, 6.07) is 11.1. The number of nitrogens with one attached hydrogen (secondary N) is 1. The molecule has 1 aliphatic carbocycles. The van der Waals surface area contributed by atoms with E-state index in [1.165, 1.54) is 29.1 Å². The second kappa shape index (κ2) is 6.84. The Morgan fingerprint density at radius 1 is 1.30 bits per heavy atom. The van der Waals surface area contributed by atoms with Crippen molar-refractivity contribution in [1.82, 2.24) is 4.90 Å². The van der Waals surface area contributed by atoms with Gasteiger partial charge in [-0.25, -0.2) is 0 Å². The van der Waals surface area contributed by atoms with Crippen LogP contribution in [-0.4, -0.2) is 42.5 Å². The van der Waals surface area contributed by atoms with Crippen LogP contribution in [0.5, 0.6) is 0 Å². The predicted molar refractivity (Wildman–Crippen MR) is 127 cm³/mol. The predicted octanol–water partition coefficient (Wildman–Crippen LogP) is 5.21. The number of anilines is 1. The van der Waals surface area contributed by atoms with E-state index in [0.717, 1.165) is 24.1 Å². The highest BCUT2D eigenvalue weighted by Crippen LogP contribution is 2.63. The molecular weight excluding hydrogens is 368 g/mol. The molecule has 1 aliphatic heterocycles. The van der Waals surface area contributed by atoms with Crippen LogP contribution in [0.3, 0.4) is 0 Å². The molecule has 1 aromatic heterocycles. The van der Waals surface area contributed by atoms with Gasteiger partial charge in [0.25, 0.3) is 0 Å². The van der Waals surface area contributed by atoms with Crippen molar-refractivity contribution in [2.45, 2.75) is 19.3 Å². The van der Waals surface area contributed by atoms with Gasteiger partial charge in [-0.05, 0) is 65.8 Å². The molecule has 2 fully saturated rings. The fourth-order valence-electron chi connectivity index (χ4n) is 4.61. The largest absolute Gasteiger partial charge is 0.342 e. The maximum atomic E-state index is 4.14. The number of piperidine rings is 1. The molecule has 2 atom stereocenters. The third kappa shape index (κ3) is 3.75. The lowest BCUT2D eigenvalue weighted by molar-refractivity contribution is 0.305. The fourth-order valence-corrected chi connectivity index (χ4v) is 6.15. The van der Waals surface area contributed by atoms with Crippen molar-refractivity contribution in [3.63, 3.8) is 0 Å². The van der Waals surface area contributed by atoms with Gasteiger partial charge in [-0.15, -0.1) is 20.7 Å². The van der Waals surface area contributed by atoms with Gasteiger partial charge in [-0.1, -0.05) is 36.9 Å². The van der Waals surface area contributed by atoms with E-state index >= 15 is 0 Å². The van der Waals surface area contributed by atoms with Crippen molar-refractivity contribution in [2.75, 3.05) is 30.6 Å². The smallest absolute Gasteiger partial charge is 0.0434 e. The minimum Gasteiger partial charge on any atom is -0.342 e. The summed E-state index contributed by atoms with van der Waals surface area (Å²) < 4.78 is 3.48. The van der Waals surface area contributed by atoms with Crippen molar-refractivity contribution in [1.29, 1.82) is 0 Å². The highest BCUT2D eigenvalue weighted by molar-refractivity contribution is 8.28. The molecule has 1 saturated heterocycles. The maximum Gasteiger partial charge on any atom is 0.0434 e. The van der Waals surface area contributed by atoms with Gasteiger partial charge in [0.15, 0.2) is 0 Å². The quantitative estimate of drug-likeness (QED) is 0.672. The minimum atomic E-state index is -1.24. The van der Waals surface area contributed by atoms with E-state index in [1.54, 1.807) is 0 Å². The molecule has 2 nitrogen and oxygen atoms in total. The number of nitrogens with zero attached hydrogens (tertiary/aromatic N) is 1. The fraction of sp³-hybridized carbons (Fsp3) is 0.391. The number of hydrogen-bond acceptors (Lipinski definition) is 3. The summed E-state index contributed by atoms with van der Waals surface area (Å²) in [5.74, 6) is 9.84. The van der Waals surface area contributed by atoms with E-state index in [2.05, 4.69) is 89.3 Å². The third-order valence-corrected chi connectivity index (χ3v) is 7.92. The Bertz CT molecular complexity index is 956. The van der Waals surface area contributed by atoms with Crippen molar-refractivity contribution in [2.24, 2.45) is 11.8 Å². The lowest BCUT2D eigenvalue weighted by Gasteiger charge is -2.24. The first-order chi connectivity index (χ1) is 12.8. The first kappa shape index (κ1) is 18.9. The molecular formula is C23H30N2S2. The summed E-state index contributed by atoms with van der Waals surface area (Å²) in [5, 5.41) is 2.17. The zero-order valence-electron chi connectivity index (χ0n) is 16.6. The standard InChI is InChI=1S/C23H30N2S2/c1-17-11-13-26-22(17)10-7-12-25-15-20-21(16-25)23(20,2)18-8-6-9-19(14-18)24-27(3,4)5/h6-11,13-14,20-21,24H,3-4,12,15-16H2,1-2,5H3/b10-7+. The van der Waals surface area contributed by atoms with Gasteiger partial charge >= 0.3 is 0 Å². The van der Waals surface area contributed by atoms with Gasteiger partial charge < -0.3 is 4.72 Å². The molecule has 1 N–H and O–H groups in total. The first-order valence-electron chi connectivity index (χ1n) is 9.53. The highest BCUT2D eigenvalue weighted by Gasteiger charge is 2.65. The number of rotatable bonds is 6. The van der Waals surface area contributed by atoms with Gasteiger partial charge in [0.1, 0.15) is 0 Å². The summed E-state index contributed by atoms with van der Waals surface area (Å²) in [5.41, 5.74) is 4.34. The second-order valence-corrected chi connectivity index (χ2v) is 12.2. The van der Waals surface area contributed by atoms with E-state index in [9.17, 15) is 0 Å². The molecule has 0 bridgehead atoms. The Morgan fingerprint density at radius 3 is 2.67 bits per heavy atom. The Kier molecular flexibility index (Phi) is 4.77. The van der Waals surface area contributed by atoms with Crippen LogP contribution in [0.2, 0.25) is 0 Å². The summed E-state index contributed by atoms with van der Waals surface area (Å²) in [4.78, 5) is 3.99. The van der Waals surface area contributed by atoms with Gasteiger partial charge in [-0.2, -0.15) is 0 Å². The van der Waals surface area contributed by atoms with Crippen molar-refractivity contribution in [3.05, 3.63) is 57.8 Å². The SMILES string of the molecule is C=S(=C)(C)Nc1cccc(C2(C)C3CN(C/C=C/c4sccc4C)CC32)c1. The van der Waals surface area contributed by atoms with Crippen molar-refractivity contribution in [3.8, 4) is 0 Å². The average molecular weight is 399 g/mol. The lowest BCUT2D eigenvalue weighted by atomic mass is 9.92. The van der Waals surface area contributed by atoms with E-state index in [4.69, 9.17) is 0 Å². The number of thiophene rings is 1. The number of fused-ring (bicyclic) bond motifs is 1.